The summed E-state index contributed by atoms with van der Waals surface area (Å²) in [5.74, 6) is 0.645. The topological polar surface area (TPSA) is 87.4 Å². The molecule has 2 aromatic heterocycles. The van der Waals surface area contributed by atoms with Crippen LogP contribution in [0.15, 0.2) is 12.5 Å². The van der Waals surface area contributed by atoms with Gasteiger partial charge in [-0.1, -0.05) is 0 Å². The fourth-order valence-electron chi connectivity index (χ4n) is 1.43. The molecule has 0 spiro atoms. The summed E-state index contributed by atoms with van der Waals surface area (Å²) in [6, 6.07) is -0.151. The van der Waals surface area contributed by atoms with E-state index in [4.69, 9.17) is 5.73 Å². The zero-order valence-electron chi connectivity index (χ0n) is 8.70. The van der Waals surface area contributed by atoms with Crippen molar-refractivity contribution in [3.63, 3.8) is 0 Å². The van der Waals surface area contributed by atoms with Gasteiger partial charge in [-0.05, 0) is 5.21 Å². The Kier molecular flexibility index (Phi) is 2.46. The van der Waals surface area contributed by atoms with Gasteiger partial charge in [0.15, 0.2) is 5.82 Å². The summed E-state index contributed by atoms with van der Waals surface area (Å²) in [6.45, 7) is 0. The van der Waals surface area contributed by atoms with E-state index in [1.165, 1.54) is 4.80 Å². The molecular weight excluding hydrogens is 194 g/mol. The van der Waals surface area contributed by atoms with Crippen molar-refractivity contribution in [2.24, 2.45) is 19.8 Å². The van der Waals surface area contributed by atoms with E-state index >= 15 is 0 Å². The SMILES string of the molecule is Cn1nnc(CC(N)c2cncn2C)n1. The molecule has 0 aromatic carbocycles. The van der Waals surface area contributed by atoms with E-state index in [0.717, 1.165) is 5.69 Å². The minimum Gasteiger partial charge on any atom is -0.336 e. The highest BCUT2D eigenvalue weighted by molar-refractivity contribution is 5.06. The van der Waals surface area contributed by atoms with Gasteiger partial charge in [0.05, 0.1) is 25.1 Å². The lowest BCUT2D eigenvalue weighted by atomic mass is 10.1. The lowest BCUT2D eigenvalue weighted by Gasteiger charge is -2.09. The van der Waals surface area contributed by atoms with Gasteiger partial charge in [-0.2, -0.15) is 4.80 Å². The van der Waals surface area contributed by atoms with E-state index in [0.29, 0.717) is 12.2 Å². The maximum absolute atomic E-state index is 6.00. The Bertz CT molecular complexity index is 443. The summed E-state index contributed by atoms with van der Waals surface area (Å²) in [5.41, 5.74) is 6.96. The second kappa shape index (κ2) is 3.77. The molecule has 0 radical (unpaired) electrons. The van der Waals surface area contributed by atoms with Crippen LogP contribution in [0.1, 0.15) is 17.6 Å². The number of aromatic nitrogens is 6. The smallest absolute Gasteiger partial charge is 0.176 e. The molecule has 2 N–H and O–H groups in total. The average Bonchev–Trinajstić information content (AvgIpc) is 2.75. The van der Waals surface area contributed by atoms with Crippen LogP contribution in [0.4, 0.5) is 0 Å². The predicted octanol–water partition coefficient (Wildman–Crippen LogP) is -0.814. The van der Waals surface area contributed by atoms with Gasteiger partial charge in [0.25, 0.3) is 0 Å². The van der Waals surface area contributed by atoms with Crippen LogP contribution in [0.25, 0.3) is 0 Å². The standard InChI is InChI=1S/C8H13N7/c1-14-5-10-4-7(14)6(9)3-8-11-13-15(2)12-8/h4-6H,3,9H2,1-2H3. The van der Waals surface area contributed by atoms with E-state index in [1.54, 1.807) is 19.6 Å². The lowest BCUT2D eigenvalue weighted by Crippen LogP contribution is -2.17. The highest BCUT2D eigenvalue weighted by Gasteiger charge is 2.13. The van der Waals surface area contributed by atoms with E-state index in [9.17, 15) is 0 Å². The van der Waals surface area contributed by atoms with Gasteiger partial charge in [-0.15, -0.1) is 10.2 Å². The van der Waals surface area contributed by atoms with Crippen molar-refractivity contribution in [2.45, 2.75) is 12.5 Å². The van der Waals surface area contributed by atoms with E-state index in [1.807, 2.05) is 11.6 Å². The van der Waals surface area contributed by atoms with Gasteiger partial charge in [0.2, 0.25) is 0 Å². The summed E-state index contributed by atoms with van der Waals surface area (Å²) >= 11 is 0. The molecule has 15 heavy (non-hydrogen) atoms. The molecule has 2 rings (SSSR count). The van der Waals surface area contributed by atoms with Crippen molar-refractivity contribution in [1.82, 2.24) is 29.8 Å². The summed E-state index contributed by atoms with van der Waals surface area (Å²) < 4.78 is 1.89. The Morgan fingerprint density at radius 2 is 2.27 bits per heavy atom. The zero-order valence-corrected chi connectivity index (χ0v) is 8.70. The van der Waals surface area contributed by atoms with Gasteiger partial charge in [-0.3, -0.25) is 0 Å². The third kappa shape index (κ3) is 2.01. The predicted molar refractivity (Wildman–Crippen MR) is 52.6 cm³/mol. The van der Waals surface area contributed by atoms with Crippen LogP contribution in [-0.4, -0.2) is 29.8 Å². The lowest BCUT2D eigenvalue weighted by molar-refractivity contribution is 0.613. The molecule has 0 aliphatic carbocycles. The molecule has 80 valence electrons. The number of imidazole rings is 1. The number of nitrogens with two attached hydrogens (primary N) is 1. The van der Waals surface area contributed by atoms with Crippen LogP contribution < -0.4 is 5.73 Å². The van der Waals surface area contributed by atoms with Crippen LogP contribution in [-0.2, 0) is 20.5 Å². The molecule has 0 aliphatic heterocycles. The quantitative estimate of drug-likeness (QED) is 0.711. The van der Waals surface area contributed by atoms with Gasteiger partial charge >= 0.3 is 0 Å². The first kappa shape index (κ1) is 9.78. The second-order valence-electron chi connectivity index (χ2n) is 3.44. The molecule has 1 atom stereocenters. The molecule has 7 nitrogen and oxygen atoms in total. The van der Waals surface area contributed by atoms with Gasteiger partial charge in [-0.25, -0.2) is 4.98 Å². The van der Waals surface area contributed by atoms with Crippen molar-refractivity contribution in [1.29, 1.82) is 0 Å². The highest BCUT2D eigenvalue weighted by Crippen LogP contribution is 2.11. The second-order valence-corrected chi connectivity index (χ2v) is 3.44. The van der Waals surface area contributed by atoms with Crippen LogP contribution in [0, 0.1) is 0 Å². The first-order valence-electron chi connectivity index (χ1n) is 4.61. The largest absolute Gasteiger partial charge is 0.336 e. The van der Waals surface area contributed by atoms with E-state index in [-0.39, 0.29) is 6.04 Å². The van der Waals surface area contributed by atoms with E-state index in [2.05, 4.69) is 20.4 Å². The highest BCUT2D eigenvalue weighted by atomic mass is 15.6. The number of tetrazole rings is 1. The third-order valence-corrected chi connectivity index (χ3v) is 2.19. The summed E-state index contributed by atoms with van der Waals surface area (Å²) in [6.07, 6.45) is 4.04. The number of hydrogen-bond donors (Lipinski definition) is 1. The molecule has 0 aliphatic rings. The van der Waals surface area contributed by atoms with Crippen molar-refractivity contribution < 1.29 is 0 Å². The summed E-state index contributed by atoms with van der Waals surface area (Å²) in [7, 11) is 3.64. The zero-order chi connectivity index (χ0) is 10.8. The molecule has 0 saturated carbocycles. The molecular formula is C8H13N7. The normalized spacial score (nSPS) is 13.0. The Labute approximate surface area is 86.9 Å². The number of aryl methyl sites for hydroxylation is 2. The summed E-state index contributed by atoms with van der Waals surface area (Å²) in [4.78, 5) is 5.43. The van der Waals surface area contributed by atoms with Crippen LogP contribution in [0.5, 0.6) is 0 Å². The number of hydrogen-bond acceptors (Lipinski definition) is 5. The summed E-state index contributed by atoms with van der Waals surface area (Å²) in [5, 5.41) is 11.7. The fourth-order valence-corrected chi connectivity index (χ4v) is 1.43. The minimum atomic E-state index is -0.151. The van der Waals surface area contributed by atoms with Crippen molar-refractivity contribution in [2.75, 3.05) is 0 Å². The average molecular weight is 207 g/mol. The minimum absolute atomic E-state index is 0.151. The monoisotopic (exact) mass is 207 g/mol. The molecule has 7 heteroatoms. The molecule has 0 amide bonds. The first-order valence-corrected chi connectivity index (χ1v) is 4.61. The van der Waals surface area contributed by atoms with Gasteiger partial charge < -0.3 is 10.3 Å². The third-order valence-electron chi connectivity index (χ3n) is 2.19. The van der Waals surface area contributed by atoms with Gasteiger partial charge in [0.1, 0.15) is 0 Å². The molecule has 0 saturated heterocycles. The molecule has 1 unspecified atom stereocenters. The van der Waals surface area contributed by atoms with Crippen LogP contribution >= 0.6 is 0 Å². The Morgan fingerprint density at radius 1 is 1.47 bits per heavy atom. The van der Waals surface area contributed by atoms with Crippen molar-refractivity contribution in [3.8, 4) is 0 Å². The molecule has 2 heterocycles. The van der Waals surface area contributed by atoms with E-state index < -0.39 is 0 Å². The van der Waals surface area contributed by atoms with Crippen molar-refractivity contribution >= 4 is 0 Å². The maximum Gasteiger partial charge on any atom is 0.176 e. The Balaban J connectivity index is 2.10. The number of nitrogens with zero attached hydrogens (tertiary/aromatic N) is 6. The van der Waals surface area contributed by atoms with Crippen molar-refractivity contribution in [3.05, 3.63) is 24.0 Å². The molecule has 2 aromatic rings. The Hall–Kier alpha value is -1.76. The number of rotatable bonds is 3. The molecule has 0 fully saturated rings. The van der Waals surface area contributed by atoms with Crippen LogP contribution in [0.2, 0.25) is 0 Å². The van der Waals surface area contributed by atoms with Crippen LogP contribution in [0.3, 0.4) is 0 Å². The Morgan fingerprint density at radius 3 is 2.80 bits per heavy atom. The fraction of sp³-hybridized carbons (Fsp3) is 0.500. The first-order chi connectivity index (χ1) is 7.16. The molecule has 0 bridgehead atoms. The van der Waals surface area contributed by atoms with Gasteiger partial charge in [0, 0.05) is 19.7 Å². The maximum atomic E-state index is 6.00.